The Morgan fingerprint density at radius 3 is 2.44 bits per heavy atom. The van der Waals surface area contributed by atoms with E-state index in [9.17, 15) is 22.8 Å². The van der Waals surface area contributed by atoms with Crippen molar-refractivity contribution < 1.29 is 22.8 Å². The zero-order valence-corrected chi connectivity index (χ0v) is 15.3. The molecule has 144 valence electrons. The molecule has 0 aliphatic rings. The van der Waals surface area contributed by atoms with Crippen molar-refractivity contribution in [1.29, 1.82) is 0 Å². The van der Waals surface area contributed by atoms with Gasteiger partial charge in [0.25, 0.3) is 0 Å². The van der Waals surface area contributed by atoms with Crippen LogP contribution in [0.3, 0.4) is 0 Å². The highest BCUT2D eigenvalue weighted by atomic mass is 35.5. The van der Waals surface area contributed by atoms with E-state index in [0.717, 1.165) is 22.6 Å². The van der Waals surface area contributed by atoms with Crippen LogP contribution in [-0.2, 0) is 22.3 Å². The maximum Gasteiger partial charge on any atom is 0.416 e. The van der Waals surface area contributed by atoms with Crippen molar-refractivity contribution in [2.24, 2.45) is 0 Å². The van der Waals surface area contributed by atoms with Gasteiger partial charge in [0, 0.05) is 37.1 Å². The number of carbonyl (C=O) groups is 2. The molecule has 0 unspecified atom stereocenters. The average Bonchev–Trinajstić information content (AvgIpc) is 2.60. The zero-order valence-electron chi connectivity index (χ0n) is 14.5. The smallest absolute Gasteiger partial charge is 0.352 e. The summed E-state index contributed by atoms with van der Waals surface area (Å²) in [5, 5.41) is 3.20. The van der Waals surface area contributed by atoms with Crippen molar-refractivity contribution in [1.82, 2.24) is 5.32 Å². The zero-order chi connectivity index (χ0) is 20.0. The third kappa shape index (κ3) is 5.99. The Balaban J connectivity index is 1.99. The van der Waals surface area contributed by atoms with Crippen LogP contribution in [0.15, 0.2) is 48.5 Å². The lowest BCUT2D eigenvalue weighted by atomic mass is 10.1. The van der Waals surface area contributed by atoms with Crippen LogP contribution in [0, 0.1) is 0 Å². The highest BCUT2D eigenvalue weighted by Crippen LogP contribution is 2.31. The average molecular weight is 399 g/mol. The fourth-order valence-electron chi connectivity index (χ4n) is 2.46. The van der Waals surface area contributed by atoms with Crippen molar-refractivity contribution >= 4 is 29.1 Å². The van der Waals surface area contributed by atoms with Crippen molar-refractivity contribution in [3.8, 4) is 0 Å². The topological polar surface area (TPSA) is 49.4 Å². The summed E-state index contributed by atoms with van der Waals surface area (Å²) in [6.07, 6.45) is -4.56. The molecule has 4 nitrogen and oxygen atoms in total. The summed E-state index contributed by atoms with van der Waals surface area (Å²) in [7, 11) is 0. The molecule has 0 radical (unpaired) electrons. The molecule has 0 aliphatic carbocycles. The van der Waals surface area contributed by atoms with Crippen molar-refractivity contribution in [3.63, 3.8) is 0 Å². The second-order valence-corrected chi connectivity index (χ2v) is 6.24. The molecule has 0 atom stereocenters. The van der Waals surface area contributed by atoms with E-state index in [0.29, 0.717) is 5.02 Å². The quantitative estimate of drug-likeness (QED) is 0.783. The first-order valence-corrected chi connectivity index (χ1v) is 8.51. The van der Waals surface area contributed by atoms with Gasteiger partial charge in [-0.1, -0.05) is 35.9 Å². The Morgan fingerprint density at radius 1 is 1.11 bits per heavy atom. The predicted molar refractivity (Wildman–Crippen MR) is 97.4 cm³/mol. The number of carbonyl (C=O) groups excluding carboxylic acids is 2. The summed E-state index contributed by atoms with van der Waals surface area (Å²) in [5.41, 5.74) is -0.0144. The van der Waals surface area contributed by atoms with E-state index >= 15 is 0 Å². The molecule has 2 aromatic carbocycles. The van der Waals surface area contributed by atoms with E-state index in [1.54, 1.807) is 24.3 Å². The lowest BCUT2D eigenvalue weighted by molar-refractivity contribution is -0.137. The Morgan fingerprint density at radius 2 is 1.81 bits per heavy atom. The number of halogens is 4. The second kappa shape index (κ2) is 8.90. The number of nitrogens with one attached hydrogen (secondary N) is 1. The number of nitrogens with zero attached hydrogens (tertiary/aromatic N) is 1. The van der Waals surface area contributed by atoms with E-state index < -0.39 is 17.6 Å². The predicted octanol–water partition coefficient (Wildman–Crippen LogP) is 4.42. The normalized spacial score (nSPS) is 11.1. The van der Waals surface area contributed by atoms with E-state index in [2.05, 4.69) is 5.32 Å². The van der Waals surface area contributed by atoms with Crippen LogP contribution in [0.4, 0.5) is 18.9 Å². The molecule has 2 rings (SSSR count). The van der Waals surface area contributed by atoms with E-state index in [1.165, 1.54) is 19.1 Å². The summed E-state index contributed by atoms with van der Waals surface area (Å²) in [6.45, 7) is 1.43. The van der Waals surface area contributed by atoms with Gasteiger partial charge < -0.3 is 10.2 Å². The number of hydrogen-bond acceptors (Lipinski definition) is 2. The van der Waals surface area contributed by atoms with Gasteiger partial charge in [0.1, 0.15) is 0 Å². The molecule has 27 heavy (non-hydrogen) atoms. The van der Waals surface area contributed by atoms with E-state index in [-0.39, 0.29) is 31.1 Å². The monoisotopic (exact) mass is 398 g/mol. The van der Waals surface area contributed by atoms with Gasteiger partial charge in [-0.05, 0) is 29.8 Å². The molecule has 0 heterocycles. The molecule has 0 saturated heterocycles. The van der Waals surface area contributed by atoms with Crippen LogP contribution in [-0.4, -0.2) is 18.4 Å². The van der Waals surface area contributed by atoms with Gasteiger partial charge in [-0.3, -0.25) is 9.59 Å². The molecule has 0 saturated carbocycles. The van der Waals surface area contributed by atoms with Crippen LogP contribution < -0.4 is 10.2 Å². The van der Waals surface area contributed by atoms with Gasteiger partial charge in [-0.15, -0.1) is 0 Å². The standard InChI is InChI=1S/C19H18ClF3N2O2/c1-13(26)25(16-7-4-6-15(11-16)19(21,22)23)10-9-18(27)24-12-14-5-2-3-8-17(14)20/h2-8,11H,9-10,12H2,1H3,(H,24,27). The van der Waals surface area contributed by atoms with E-state index in [1.807, 2.05) is 0 Å². The molecular formula is C19H18ClF3N2O2. The molecule has 0 aromatic heterocycles. The minimum Gasteiger partial charge on any atom is -0.352 e. The highest BCUT2D eigenvalue weighted by molar-refractivity contribution is 6.31. The molecule has 0 spiro atoms. The van der Waals surface area contributed by atoms with Gasteiger partial charge in [0.2, 0.25) is 11.8 Å². The minimum atomic E-state index is -4.51. The van der Waals surface area contributed by atoms with Gasteiger partial charge in [-0.2, -0.15) is 13.2 Å². The number of benzene rings is 2. The lowest BCUT2D eigenvalue weighted by Crippen LogP contribution is -2.34. The van der Waals surface area contributed by atoms with Gasteiger partial charge >= 0.3 is 6.18 Å². The number of alkyl halides is 3. The summed E-state index contributed by atoms with van der Waals surface area (Å²) in [5.74, 6) is -0.790. The summed E-state index contributed by atoms with van der Waals surface area (Å²) >= 11 is 6.01. The first kappa shape index (κ1) is 20.8. The van der Waals surface area contributed by atoms with Gasteiger partial charge in [0.05, 0.1) is 5.56 Å². The van der Waals surface area contributed by atoms with Gasteiger partial charge in [0.15, 0.2) is 0 Å². The number of hydrogen-bond donors (Lipinski definition) is 1. The van der Waals surface area contributed by atoms with Crippen molar-refractivity contribution in [3.05, 3.63) is 64.7 Å². The molecule has 1 N–H and O–H groups in total. The summed E-state index contributed by atoms with van der Waals surface area (Å²) in [4.78, 5) is 25.0. The largest absolute Gasteiger partial charge is 0.416 e. The molecule has 8 heteroatoms. The lowest BCUT2D eigenvalue weighted by Gasteiger charge is -2.22. The molecule has 2 amide bonds. The Labute approximate surface area is 159 Å². The summed E-state index contributed by atoms with van der Waals surface area (Å²) < 4.78 is 38.6. The Kier molecular flexibility index (Phi) is 6.85. The minimum absolute atomic E-state index is 0.0367. The van der Waals surface area contributed by atoms with E-state index in [4.69, 9.17) is 11.6 Å². The third-order valence-electron chi connectivity index (χ3n) is 3.86. The SMILES string of the molecule is CC(=O)N(CCC(=O)NCc1ccccc1Cl)c1cccc(C(F)(F)F)c1. The Bertz CT molecular complexity index is 825. The first-order valence-electron chi connectivity index (χ1n) is 8.14. The number of rotatable bonds is 6. The highest BCUT2D eigenvalue weighted by Gasteiger charge is 2.31. The fourth-order valence-corrected chi connectivity index (χ4v) is 2.66. The molecule has 0 aliphatic heterocycles. The number of amides is 2. The number of anilines is 1. The van der Waals surface area contributed by atoms with Crippen LogP contribution in [0.2, 0.25) is 5.02 Å². The maximum atomic E-state index is 12.9. The van der Waals surface area contributed by atoms with Crippen LogP contribution in [0.25, 0.3) is 0 Å². The van der Waals surface area contributed by atoms with Crippen molar-refractivity contribution in [2.45, 2.75) is 26.1 Å². The molecular weight excluding hydrogens is 381 g/mol. The fraction of sp³-hybridized carbons (Fsp3) is 0.263. The van der Waals surface area contributed by atoms with Crippen LogP contribution in [0.1, 0.15) is 24.5 Å². The maximum absolute atomic E-state index is 12.9. The third-order valence-corrected chi connectivity index (χ3v) is 4.23. The molecule has 0 fully saturated rings. The molecule has 0 bridgehead atoms. The molecule has 2 aromatic rings. The summed E-state index contributed by atoms with van der Waals surface area (Å²) in [6, 6.07) is 11.5. The first-order chi connectivity index (χ1) is 12.7. The van der Waals surface area contributed by atoms with Crippen molar-refractivity contribution in [2.75, 3.05) is 11.4 Å². The second-order valence-electron chi connectivity index (χ2n) is 5.84. The van der Waals surface area contributed by atoms with Crippen LogP contribution in [0.5, 0.6) is 0 Å². The Hall–Kier alpha value is -2.54. The van der Waals surface area contributed by atoms with Crippen LogP contribution >= 0.6 is 11.6 Å². The van der Waals surface area contributed by atoms with Gasteiger partial charge in [-0.25, -0.2) is 0 Å².